The summed E-state index contributed by atoms with van der Waals surface area (Å²) < 4.78 is 19.7. The molecule has 2 aromatic rings. The monoisotopic (exact) mass is 399 g/mol. The Bertz CT molecular complexity index is 828. The molecule has 1 aliphatic heterocycles. The van der Waals surface area contributed by atoms with E-state index in [9.17, 15) is 14.0 Å². The molecule has 0 radical (unpaired) electrons. The zero-order valence-electron chi connectivity index (χ0n) is 16.5. The molecule has 0 aliphatic carbocycles. The van der Waals surface area contributed by atoms with Crippen LogP contribution in [0.2, 0.25) is 18.1 Å². The first kappa shape index (κ1) is 20.4. The fraction of sp³-hybridized carbons (Fsp3) is 0.364. The number of benzene rings is 2. The van der Waals surface area contributed by atoms with Crippen LogP contribution in [0.1, 0.15) is 42.7 Å². The third-order valence-electron chi connectivity index (χ3n) is 5.81. The number of β-lactam (4-membered cyclic amide) rings is 1. The Hall–Kier alpha value is -2.31. The van der Waals surface area contributed by atoms with Gasteiger partial charge in [-0.05, 0) is 48.0 Å². The minimum Gasteiger partial charge on any atom is -0.403 e. The molecule has 0 spiro atoms. The van der Waals surface area contributed by atoms with Gasteiger partial charge in [-0.25, -0.2) is 4.39 Å². The van der Waals surface area contributed by atoms with Gasteiger partial charge in [0.2, 0.25) is 0 Å². The molecule has 0 aromatic heterocycles. The average Bonchev–Trinajstić information content (AvgIpc) is 2.74. The smallest absolute Gasteiger partial charge is 0.261 e. The zero-order valence-corrected chi connectivity index (χ0v) is 17.5. The molecule has 0 bridgehead atoms. The highest BCUT2D eigenvalue weighted by Gasteiger charge is 2.54. The maximum absolute atomic E-state index is 13.2. The Morgan fingerprint density at radius 2 is 1.57 bits per heavy atom. The average molecular weight is 400 g/mol. The first-order valence-electron chi connectivity index (χ1n) is 9.82. The van der Waals surface area contributed by atoms with Crippen molar-refractivity contribution in [1.82, 2.24) is 4.90 Å². The van der Waals surface area contributed by atoms with Gasteiger partial charge in [0, 0.05) is 5.56 Å². The second kappa shape index (κ2) is 8.37. The summed E-state index contributed by atoms with van der Waals surface area (Å²) in [7, 11) is -2.03. The SMILES string of the molecule is CC[Si](CC)(CC)OC1C(=O)N(C(=O)c2ccc(F)cc2)C1c1ccccc1. The van der Waals surface area contributed by atoms with Gasteiger partial charge in [0.1, 0.15) is 5.82 Å². The number of nitrogens with zero attached hydrogens (tertiary/aromatic N) is 1. The largest absolute Gasteiger partial charge is 0.403 e. The Morgan fingerprint density at radius 1 is 1.00 bits per heavy atom. The van der Waals surface area contributed by atoms with Crippen molar-refractivity contribution in [3.63, 3.8) is 0 Å². The van der Waals surface area contributed by atoms with Crippen LogP contribution in [-0.2, 0) is 9.22 Å². The van der Waals surface area contributed by atoms with Gasteiger partial charge in [-0.1, -0.05) is 51.1 Å². The third kappa shape index (κ3) is 3.66. The molecular weight excluding hydrogens is 373 g/mol. The Balaban J connectivity index is 1.93. The molecule has 2 atom stereocenters. The second-order valence-electron chi connectivity index (χ2n) is 7.16. The van der Waals surface area contributed by atoms with Crippen molar-refractivity contribution in [3.8, 4) is 0 Å². The van der Waals surface area contributed by atoms with E-state index >= 15 is 0 Å². The summed E-state index contributed by atoms with van der Waals surface area (Å²) in [5.74, 6) is -1.15. The second-order valence-corrected chi connectivity index (χ2v) is 11.9. The Labute approximate surface area is 166 Å². The Kier molecular flexibility index (Phi) is 6.10. The highest BCUT2D eigenvalue weighted by atomic mass is 28.4. The van der Waals surface area contributed by atoms with Crippen LogP contribution in [0.4, 0.5) is 4.39 Å². The molecule has 0 saturated carbocycles. The molecular formula is C22H26FNO3Si. The molecule has 6 heteroatoms. The van der Waals surface area contributed by atoms with Crippen molar-refractivity contribution in [2.24, 2.45) is 0 Å². The highest BCUT2D eigenvalue weighted by molar-refractivity contribution is 6.73. The number of hydrogen-bond donors (Lipinski definition) is 0. The molecule has 3 rings (SSSR count). The van der Waals surface area contributed by atoms with Crippen LogP contribution in [0.15, 0.2) is 54.6 Å². The lowest BCUT2D eigenvalue weighted by Gasteiger charge is -2.48. The highest BCUT2D eigenvalue weighted by Crippen LogP contribution is 2.41. The molecule has 2 amide bonds. The van der Waals surface area contributed by atoms with Crippen LogP contribution in [0, 0.1) is 5.82 Å². The van der Waals surface area contributed by atoms with E-state index in [0.717, 1.165) is 23.7 Å². The van der Waals surface area contributed by atoms with Crippen LogP contribution in [0.3, 0.4) is 0 Å². The van der Waals surface area contributed by atoms with Gasteiger partial charge in [0.05, 0.1) is 6.04 Å². The number of carbonyl (C=O) groups is 2. The summed E-state index contributed by atoms with van der Waals surface area (Å²) >= 11 is 0. The zero-order chi connectivity index (χ0) is 20.3. The number of likely N-dealkylation sites (tertiary alicyclic amines) is 1. The number of carbonyl (C=O) groups excluding carboxylic acids is 2. The van der Waals surface area contributed by atoms with Crippen molar-refractivity contribution in [2.75, 3.05) is 0 Å². The first-order chi connectivity index (χ1) is 13.5. The van der Waals surface area contributed by atoms with Crippen LogP contribution < -0.4 is 0 Å². The fourth-order valence-electron chi connectivity index (χ4n) is 3.78. The third-order valence-corrected chi connectivity index (χ3v) is 10.4. The maximum atomic E-state index is 13.2. The van der Waals surface area contributed by atoms with E-state index in [1.54, 1.807) is 0 Å². The molecule has 4 nitrogen and oxygen atoms in total. The molecule has 2 unspecified atom stereocenters. The number of amides is 2. The molecule has 1 heterocycles. The summed E-state index contributed by atoms with van der Waals surface area (Å²) in [5, 5.41) is 0. The van der Waals surface area contributed by atoms with Gasteiger partial charge in [-0.3, -0.25) is 14.5 Å². The fourth-order valence-corrected chi connectivity index (χ4v) is 6.55. The van der Waals surface area contributed by atoms with Gasteiger partial charge in [0.15, 0.2) is 14.4 Å². The minimum absolute atomic E-state index is 0.291. The summed E-state index contributed by atoms with van der Waals surface area (Å²) in [6.07, 6.45) is -0.640. The molecule has 1 saturated heterocycles. The molecule has 1 fully saturated rings. The van der Waals surface area contributed by atoms with Gasteiger partial charge < -0.3 is 4.43 Å². The van der Waals surface area contributed by atoms with E-state index in [1.165, 1.54) is 29.2 Å². The van der Waals surface area contributed by atoms with Crippen LogP contribution in [-0.4, -0.2) is 31.1 Å². The normalized spacial score (nSPS) is 19.4. The summed E-state index contributed by atoms with van der Waals surface area (Å²) in [5.41, 5.74) is 1.16. The van der Waals surface area contributed by atoms with Gasteiger partial charge >= 0.3 is 0 Å². The van der Waals surface area contributed by atoms with E-state index in [1.807, 2.05) is 30.3 Å². The van der Waals surface area contributed by atoms with Crippen molar-refractivity contribution >= 4 is 20.1 Å². The summed E-state index contributed by atoms with van der Waals surface area (Å²) in [6.45, 7) is 6.34. The standard InChI is InChI=1S/C22H26FNO3Si/c1-4-28(5-2,6-3)27-20-19(16-10-8-7-9-11-16)24(22(20)26)21(25)17-12-14-18(23)15-13-17/h7-15,19-20H,4-6H2,1-3H3. The van der Waals surface area contributed by atoms with Crippen molar-refractivity contribution < 1.29 is 18.4 Å². The summed E-state index contributed by atoms with van der Waals surface area (Å²) in [6, 6.07) is 17.1. The molecule has 2 aromatic carbocycles. The number of hydrogen-bond acceptors (Lipinski definition) is 3. The van der Waals surface area contributed by atoms with E-state index in [-0.39, 0.29) is 5.91 Å². The van der Waals surface area contributed by atoms with Crippen molar-refractivity contribution in [2.45, 2.75) is 51.0 Å². The van der Waals surface area contributed by atoms with Gasteiger partial charge in [0.25, 0.3) is 11.8 Å². The van der Waals surface area contributed by atoms with Crippen molar-refractivity contribution in [1.29, 1.82) is 0 Å². The van der Waals surface area contributed by atoms with Gasteiger partial charge in [-0.15, -0.1) is 0 Å². The topological polar surface area (TPSA) is 46.6 Å². The number of imide groups is 1. The van der Waals surface area contributed by atoms with E-state index in [2.05, 4.69) is 20.8 Å². The quantitative estimate of drug-likeness (QED) is 0.376. The minimum atomic E-state index is -2.03. The van der Waals surface area contributed by atoms with Crippen LogP contribution in [0.5, 0.6) is 0 Å². The van der Waals surface area contributed by atoms with Gasteiger partial charge in [-0.2, -0.15) is 0 Å². The number of halogens is 1. The lowest BCUT2D eigenvalue weighted by Crippen LogP contribution is -2.64. The van der Waals surface area contributed by atoms with E-state index in [4.69, 9.17) is 4.43 Å². The molecule has 1 aliphatic rings. The first-order valence-corrected chi connectivity index (χ1v) is 12.3. The molecule has 28 heavy (non-hydrogen) atoms. The Morgan fingerprint density at radius 3 is 2.11 bits per heavy atom. The lowest BCUT2D eigenvalue weighted by atomic mass is 9.90. The van der Waals surface area contributed by atoms with E-state index < -0.39 is 32.2 Å². The lowest BCUT2D eigenvalue weighted by molar-refractivity contribution is -0.158. The van der Waals surface area contributed by atoms with Crippen molar-refractivity contribution in [3.05, 3.63) is 71.5 Å². The number of rotatable bonds is 7. The van der Waals surface area contributed by atoms with E-state index in [0.29, 0.717) is 5.56 Å². The maximum Gasteiger partial charge on any atom is 0.261 e. The summed E-state index contributed by atoms with van der Waals surface area (Å²) in [4.78, 5) is 27.2. The predicted molar refractivity (Wildman–Crippen MR) is 109 cm³/mol. The van der Waals surface area contributed by atoms with Crippen LogP contribution >= 0.6 is 0 Å². The molecule has 0 N–H and O–H groups in total. The van der Waals surface area contributed by atoms with Crippen LogP contribution in [0.25, 0.3) is 0 Å². The predicted octanol–water partition coefficient (Wildman–Crippen LogP) is 4.94. The molecule has 148 valence electrons.